The van der Waals surface area contributed by atoms with E-state index in [1.807, 2.05) is 0 Å². The van der Waals surface area contributed by atoms with E-state index in [2.05, 4.69) is 0 Å². The average Bonchev–Trinajstić information content (AvgIpc) is 1.82. The van der Waals surface area contributed by atoms with E-state index in [4.69, 9.17) is 0 Å². The zero-order valence-corrected chi connectivity index (χ0v) is 5.21. The minimum atomic E-state index is -1.27. The lowest BCUT2D eigenvalue weighted by molar-refractivity contribution is 0.487. The van der Waals surface area contributed by atoms with Crippen LogP contribution in [-0.4, -0.2) is 0 Å². The van der Waals surface area contributed by atoms with E-state index in [9.17, 15) is 13.2 Å². The molecule has 0 spiro atoms. The normalized spacial score (nSPS) is 10.0. The summed E-state index contributed by atoms with van der Waals surface area (Å²) in [6.45, 7) is 1.29. The number of halogens is 3. The first kappa shape index (κ1) is 7.12. The Kier molecular flexibility index (Phi) is 1.66. The molecule has 53 valence electrons. The van der Waals surface area contributed by atoms with E-state index in [1.54, 1.807) is 6.07 Å². The molecule has 0 amide bonds. The summed E-state index contributed by atoms with van der Waals surface area (Å²) in [7, 11) is 0. The number of aryl methyl sites for hydroxylation is 1. The Balaban J connectivity index is 3.31. The molecule has 0 unspecified atom stereocenters. The molecule has 0 aliphatic heterocycles. The molecule has 1 radical (unpaired) electrons. The van der Waals surface area contributed by atoms with Gasteiger partial charge in [-0.2, -0.15) is 0 Å². The Bertz CT molecular complexity index is 232. The van der Waals surface area contributed by atoms with Crippen LogP contribution in [0.1, 0.15) is 5.56 Å². The van der Waals surface area contributed by atoms with E-state index in [0.717, 1.165) is 6.07 Å². The van der Waals surface area contributed by atoms with Crippen molar-refractivity contribution in [3.05, 3.63) is 35.1 Å². The minimum absolute atomic E-state index is 0.0475. The van der Waals surface area contributed by atoms with Crippen LogP contribution < -0.4 is 0 Å². The molecule has 3 heteroatoms. The zero-order chi connectivity index (χ0) is 7.72. The fourth-order valence-electron chi connectivity index (χ4n) is 0.622. The van der Waals surface area contributed by atoms with Crippen molar-refractivity contribution >= 4 is 0 Å². The van der Waals surface area contributed by atoms with Gasteiger partial charge in [0.15, 0.2) is 11.6 Å². The highest BCUT2D eigenvalue weighted by Gasteiger charge is 2.06. The topological polar surface area (TPSA) is 0 Å². The second-order valence-electron chi connectivity index (χ2n) is 1.93. The third-order valence-corrected chi connectivity index (χ3v) is 1.11. The van der Waals surface area contributed by atoms with Gasteiger partial charge in [0, 0.05) is 0 Å². The van der Waals surface area contributed by atoms with Gasteiger partial charge in [-0.25, -0.2) is 13.2 Å². The highest BCUT2D eigenvalue weighted by molar-refractivity contribution is 5.17. The van der Waals surface area contributed by atoms with Gasteiger partial charge in [-0.05, 0) is 18.6 Å². The minimum Gasteiger partial charge on any atom is -0.206 e. The molecular weight excluding hydrogens is 141 g/mol. The molecule has 1 rings (SSSR count). The van der Waals surface area contributed by atoms with E-state index >= 15 is 0 Å². The Morgan fingerprint density at radius 3 is 2.40 bits per heavy atom. The molecule has 0 nitrogen and oxygen atoms in total. The van der Waals surface area contributed by atoms with E-state index in [0.29, 0.717) is 0 Å². The van der Waals surface area contributed by atoms with Gasteiger partial charge in [0.25, 0.3) is 0 Å². The summed E-state index contributed by atoms with van der Waals surface area (Å²) in [6.07, 6.45) is 0. The maximum atomic E-state index is 12.3. The van der Waals surface area contributed by atoms with Crippen molar-refractivity contribution in [2.75, 3.05) is 0 Å². The lowest BCUT2D eigenvalue weighted by atomic mass is 10.2. The fourth-order valence-corrected chi connectivity index (χ4v) is 0.622. The van der Waals surface area contributed by atoms with Crippen LogP contribution in [0.15, 0.2) is 6.07 Å². The van der Waals surface area contributed by atoms with Crippen LogP contribution >= 0.6 is 0 Å². The Morgan fingerprint density at radius 1 is 1.30 bits per heavy atom. The predicted octanol–water partition coefficient (Wildman–Crippen LogP) is 2.21. The third-order valence-electron chi connectivity index (χ3n) is 1.11. The molecular formula is C7H4F3. The van der Waals surface area contributed by atoms with Crippen molar-refractivity contribution in [2.24, 2.45) is 0 Å². The van der Waals surface area contributed by atoms with Gasteiger partial charge in [-0.15, -0.1) is 0 Å². The summed E-state index contributed by atoms with van der Waals surface area (Å²) in [4.78, 5) is 0. The van der Waals surface area contributed by atoms with Crippen LogP contribution in [0.5, 0.6) is 0 Å². The molecule has 0 atom stereocenters. The molecule has 0 aromatic heterocycles. The molecule has 0 bridgehead atoms. The van der Waals surface area contributed by atoms with Crippen molar-refractivity contribution in [2.45, 2.75) is 6.92 Å². The summed E-state index contributed by atoms with van der Waals surface area (Å²) < 4.78 is 36.7. The van der Waals surface area contributed by atoms with Crippen molar-refractivity contribution in [3.63, 3.8) is 0 Å². The summed E-state index contributed by atoms with van der Waals surface area (Å²) in [5.41, 5.74) is -0.0475. The zero-order valence-electron chi connectivity index (χ0n) is 5.21. The smallest absolute Gasteiger partial charge is 0.170 e. The molecule has 0 fully saturated rings. The Hall–Kier alpha value is -0.990. The largest absolute Gasteiger partial charge is 0.206 e. The Labute approximate surface area is 56.3 Å². The van der Waals surface area contributed by atoms with E-state index in [-0.39, 0.29) is 5.56 Å². The van der Waals surface area contributed by atoms with Crippen molar-refractivity contribution < 1.29 is 13.2 Å². The highest BCUT2D eigenvalue weighted by atomic mass is 19.2. The summed E-state index contributed by atoms with van der Waals surface area (Å²) in [5, 5.41) is 0. The summed E-state index contributed by atoms with van der Waals surface area (Å²) >= 11 is 0. The lowest BCUT2D eigenvalue weighted by Gasteiger charge is -1.95. The second kappa shape index (κ2) is 2.33. The molecule has 0 saturated carbocycles. The molecule has 0 aliphatic carbocycles. The van der Waals surface area contributed by atoms with E-state index < -0.39 is 17.5 Å². The third kappa shape index (κ3) is 1.12. The molecule has 0 saturated heterocycles. The predicted molar refractivity (Wildman–Crippen MR) is 29.9 cm³/mol. The van der Waals surface area contributed by atoms with Gasteiger partial charge < -0.3 is 0 Å². The number of hydrogen-bond acceptors (Lipinski definition) is 0. The standard InChI is InChI=1S/C7H4F3/c1-4-2-5(8)3-6(9)7(4)10/h2H,1H3. The van der Waals surface area contributed by atoms with Crippen LogP contribution in [0.25, 0.3) is 0 Å². The van der Waals surface area contributed by atoms with Crippen molar-refractivity contribution in [1.29, 1.82) is 0 Å². The number of benzene rings is 1. The van der Waals surface area contributed by atoms with Crippen LogP contribution in [0.4, 0.5) is 13.2 Å². The first-order chi connectivity index (χ1) is 4.61. The molecule has 10 heavy (non-hydrogen) atoms. The van der Waals surface area contributed by atoms with Gasteiger partial charge in [-0.3, -0.25) is 0 Å². The van der Waals surface area contributed by atoms with Crippen LogP contribution in [0, 0.1) is 30.4 Å². The fraction of sp³-hybridized carbons (Fsp3) is 0.143. The summed E-state index contributed by atoms with van der Waals surface area (Å²) in [6, 6.07) is 2.46. The molecule has 0 heterocycles. The van der Waals surface area contributed by atoms with Crippen LogP contribution in [-0.2, 0) is 0 Å². The van der Waals surface area contributed by atoms with Gasteiger partial charge in [-0.1, -0.05) is 0 Å². The SMILES string of the molecule is Cc1cc(F)[c]c(F)c1F. The van der Waals surface area contributed by atoms with Crippen molar-refractivity contribution in [1.82, 2.24) is 0 Å². The van der Waals surface area contributed by atoms with Crippen LogP contribution in [0.3, 0.4) is 0 Å². The number of rotatable bonds is 0. The Morgan fingerprint density at radius 2 is 1.90 bits per heavy atom. The molecule has 1 aromatic carbocycles. The quantitative estimate of drug-likeness (QED) is 0.491. The maximum absolute atomic E-state index is 12.3. The lowest BCUT2D eigenvalue weighted by Crippen LogP contribution is -1.90. The van der Waals surface area contributed by atoms with E-state index in [1.165, 1.54) is 6.92 Å². The summed E-state index contributed by atoms with van der Waals surface area (Å²) in [5.74, 6) is -3.18. The highest BCUT2D eigenvalue weighted by Crippen LogP contribution is 2.11. The maximum Gasteiger partial charge on any atom is 0.170 e. The number of hydrogen-bond donors (Lipinski definition) is 0. The molecule has 0 aliphatic rings. The van der Waals surface area contributed by atoms with Gasteiger partial charge in [0.05, 0.1) is 6.07 Å². The first-order valence-electron chi connectivity index (χ1n) is 2.64. The molecule has 1 aromatic rings. The van der Waals surface area contributed by atoms with Gasteiger partial charge >= 0.3 is 0 Å². The monoisotopic (exact) mass is 145 g/mol. The second-order valence-corrected chi connectivity index (χ2v) is 1.93. The average molecular weight is 145 g/mol. The van der Waals surface area contributed by atoms with Gasteiger partial charge in [0.1, 0.15) is 5.82 Å². The molecule has 0 N–H and O–H groups in total. The van der Waals surface area contributed by atoms with Gasteiger partial charge in [0.2, 0.25) is 0 Å². The first-order valence-corrected chi connectivity index (χ1v) is 2.64. The van der Waals surface area contributed by atoms with Crippen molar-refractivity contribution in [3.8, 4) is 0 Å². The van der Waals surface area contributed by atoms with Crippen LogP contribution in [0.2, 0.25) is 0 Å².